The molecule has 0 spiro atoms. The first kappa shape index (κ1) is 20.3. The van der Waals surface area contributed by atoms with E-state index in [4.69, 9.17) is 10.5 Å². The molecule has 7 heteroatoms. The van der Waals surface area contributed by atoms with Gasteiger partial charge in [-0.1, -0.05) is 29.8 Å². The lowest BCUT2D eigenvalue weighted by atomic mass is 9.99. The van der Waals surface area contributed by atoms with Crippen molar-refractivity contribution in [1.29, 1.82) is 0 Å². The number of aromatic nitrogens is 1. The van der Waals surface area contributed by atoms with E-state index in [1.807, 2.05) is 52.0 Å². The maximum absolute atomic E-state index is 12.4. The number of nitrogens with two attached hydrogens (primary N) is 1. The predicted molar refractivity (Wildman–Crippen MR) is 111 cm³/mol. The van der Waals surface area contributed by atoms with E-state index in [1.165, 1.54) is 11.3 Å². The summed E-state index contributed by atoms with van der Waals surface area (Å²) in [5.41, 5.74) is 7.45. The second-order valence-corrected chi connectivity index (χ2v) is 9.26. The molecule has 1 unspecified atom stereocenters. The Labute approximate surface area is 169 Å². The van der Waals surface area contributed by atoms with Crippen LogP contribution >= 0.6 is 11.3 Å². The fourth-order valence-corrected chi connectivity index (χ4v) is 4.45. The zero-order valence-corrected chi connectivity index (χ0v) is 17.6. The number of amides is 2. The van der Waals surface area contributed by atoms with Crippen LogP contribution in [0.5, 0.6) is 0 Å². The summed E-state index contributed by atoms with van der Waals surface area (Å²) in [6.07, 6.45) is 1.48. The van der Waals surface area contributed by atoms with E-state index in [-0.39, 0.29) is 12.0 Å². The van der Waals surface area contributed by atoms with E-state index < -0.39 is 11.5 Å². The Hall–Kier alpha value is -2.41. The number of thiazole rings is 1. The van der Waals surface area contributed by atoms with Crippen LogP contribution in [-0.4, -0.2) is 40.6 Å². The molecule has 2 aromatic rings. The molecule has 1 aliphatic heterocycles. The zero-order valence-electron chi connectivity index (χ0n) is 16.8. The Bertz CT molecular complexity index is 868. The van der Waals surface area contributed by atoms with Crippen molar-refractivity contribution < 1.29 is 14.3 Å². The first-order chi connectivity index (χ1) is 13.1. The van der Waals surface area contributed by atoms with Gasteiger partial charge in [0.05, 0.1) is 9.88 Å². The van der Waals surface area contributed by atoms with Crippen molar-refractivity contribution in [3.63, 3.8) is 0 Å². The van der Waals surface area contributed by atoms with E-state index in [0.29, 0.717) is 18.8 Å². The Kier molecular flexibility index (Phi) is 5.74. The summed E-state index contributed by atoms with van der Waals surface area (Å²) in [5.74, 6) is -0.457. The normalized spacial score (nSPS) is 17.4. The molecule has 1 atom stereocenters. The summed E-state index contributed by atoms with van der Waals surface area (Å²) < 4.78 is 5.50. The zero-order chi connectivity index (χ0) is 20.5. The van der Waals surface area contributed by atoms with Crippen LogP contribution in [-0.2, 0) is 4.74 Å². The Morgan fingerprint density at radius 2 is 1.93 bits per heavy atom. The topological polar surface area (TPSA) is 85.5 Å². The predicted octanol–water partition coefficient (Wildman–Crippen LogP) is 4.33. The van der Waals surface area contributed by atoms with Gasteiger partial charge in [-0.05, 0) is 46.1 Å². The van der Waals surface area contributed by atoms with Crippen molar-refractivity contribution in [1.82, 2.24) is 9.88 Å². The molecular weight excluding hydrogens is 374 g/mol. The largest absolute Gasteiger partial charge is 0.444 e. The number of piperidine rings is 1. The molecule has 0 aliphatic carbocycles. The van der Waals surface area contributed by atoms with E-state index >= 15 is 0 Å². The standard InChI is InChI=1S/C21H27N3O3S/c1-13-7-9-14(10-8-13)17-16(18(22)25)23-19(28-17)15-6-5-11-24(12-15)20(26)27-21(2,3)4/h7-10,15H,5-6,11-12H2,1-4H3,(H2,22,25). The highest BCUT2D eigenvalue weighted by atomic mass is 32.1. The minimum Gasteiger partial charge on any atom is -0.444 e. The molecule has 6 nitrogen and oxygen atoms in total. The van der Waals surface area contributed by atoms with Gasteiger partial charge in [0.15, 0.2) is 0 Å². The van der Waals surface area contributed by atoms with Crippen LogP contribution in [0.15, 0.2) is 24.3 Å². The van der Waals surface area contributed by atoms with Gasteiger partial charge in [0.1, 0.15) is 11.3 Å². The van der Waals surface area contributed by atoms with Crippen LogP contribution < -0.4 is 5.73 Å². The number of carbonyl (C=O) groups excluding carboxylic acids is 2. The number of hydrogen-bond donors (Lipinski definition) is 1. The van der Waals surface area contributed by atoms with E-state index in [1.54, 1.807) is 4.90 Å². The quantitative estimate of drug-likeness (QED) is 0.829. The summed E-state index contributed by atoms with van der Waals surface area (Å²) in [4.78, 5) is 31.5. The van der Waals surface area contributed by atoms with Gasteiger partial charge >= 0.3 is 6.09 Å². The van der Waals surface area contributed by atoms with Gasteiger partial charge in [0.25, 0.3) is 5.91 Å². The van der Waals surface area contributed by atoms with Crippen molar-refractivity contribution in [3.8, 4) is 10.4 Å². The monoisotopic (exact) mass is 401 g/mol. The maximum atomic E-state index is 12.4. The Morgan fingerprint density at radius 3 is 2.54 bits per heavy atom. The van der Waals surface area contributed by atoms with Gasteiger partial charge in [0, 0.05) is 19.0 Å². The van der Waals surface area contributed by atoms with Gasteiger partial charge < -0.3 is 15.4 Å². The average Bonchev–Trinajstić information content (AvgIpc) is 3.07. The molecule has 1 aliphatic rings. The number of rotatable bonds is 3. The minimum atomic E-state index is -0.530. The first-order valence-corrected chi connectivity index (χ1v) is 10.3. The Balaban J connectivity index is 1.85. The highest BCUT2D eigenvalue weighted by molar-refractivity contribution is 7.15. The molecule has 2 amide bonds. The number of carbonyl (C=O) groups is 2. The lowest BCUT2D eigenvalue weighted by Crippen LogP contribution is -2.42. The van der Waals surface area contributed by atoms with Crippen LogP contribution in [0.3, 0.4) is 0 Å². The number of aryl methyl sites for hydroxylation is 1. The third-order valence-electron chi connectivity index (χ3n) is 4.61. The molecule has 1 saturated heterocycles. The smallest absolute Gasteiger partial charge is 0.410 e. The second kappa shape index (κ2) is 7.91. The fourth-order valence-electron chi connectivity index (χ4n) is 3.25. The van der Waals surface area contributed by atoms with Gasteiger partial charge in [-0.15, -0.1) is 11.3 Å². The molecule has 2 N–H and O–H groups in total. The van der Waals surface area contributed by atoms with Gasteiger partial charge in [-0.2, -0.15) is 0 Å². The third kappa shape index (κ3) is 4.70. The molecule has 2 heterocycles. The minimum absolute atomic E-state index is 0.0727. The molecule has 1 fully saturated rings. The van der Waals surface area contributed by atoms with Gasteiger partial charge in [-0.25, -0.2) is 9.78 Å². The van der Waals surface area contributed by atoms with Crippen LogP contribution in [0.2, 0.25) is 0 Å². The highest BCUT2D eigenvalue weighted by Crippen LogP contribution is 2.37. The van der Waals surface area contributed by atoms with Crippen molar-refractivity contribution in [2.45, 2.75) is 52.1 Å². The van der Waals surface area contributed by atoms with Crippen molar-refractivity contribution >= 4 is 23.3 Å². The highest BCUT2D eigenvalue weighted by Gasteiger charge is 2.31. The molecule has 1 aromatic carbocycles. The third-order valence-corrected chi connectivity index (χ3v) is 5.88. The lowest BCUT2D eigenvalue weighted by Gasteiger charge is -2.33. The van der Waals surface area contributed by atoms with Crippen molar-refractivity contribution in [3.05, 3.63) is 40.5 Å². The number of primary amides is 1. The number of likely N-dealkylation sites (tertiary alicyclic amines) is 1. The summed E-state index contributed by atoms with van der Waals surface area (Å²) in [6, 6.07) is 7.97. The van der Waals surface area contributed by atoms with E-state index in [2.05, 4.69) is 4.98 Å². The van der Waals surface area contributed by atoms with Gasteiger partial charge in [-0.3, -0.25) is 4.79 Å². The molecule has 28 heavy (non-hydrogen) atoms. The first-order valence-electron chi connectivity index (χ1n) is 9.49. The second-order valence-electron chi connectivity index (χ2n) is 8.23. The molecule has 1 aromatic heterocycles. The molecule has 0 saturated carbocycles. The number of hydrogen-bond acceptors (Lipinski definition) is 5. The van der Waals surface area contributed by atoms with E-state index in [0.717, 1.165) is 33.9 Å². The number of benzene rings is 1. The molecule has 0 bridgehead atoms. The Morgan fingerprint density at radius 1 is 1.25 bits per heavy atom. The average molecular weight is 402 g/mol. The van der Waals surface area contributed by atoms with Gasteiger partial charge in [0.2, 0.25) is 0 Å². The number of nitrogens with zero attached hydrogens (tertiary/aromatic N) is 2. The molecule has 0 radical (unpaired) electrons. The SMILES string of the molecule is Cc1ccc(-c2sc(C3CCCN(C(=O)OC(C)(C)C)C3)nc2C(N)=O)cc1. The maximum Gasteiger partial charge on any atom is 0.410 e. The van der Waals surface area contributed by atoms with E-state index in [9.17, 15) is 9.59 Å². The van der Waals surface area contributed by atoms with Crippen molar-refractivity contribution in [2.75, 3.05) is 13.1 Å². The molecular formula is C21H27N3O3S. The summed E-state index contributed by atoms with van der Waals surface area (Å²) in [5, 5.41) is 0.845. The fraction of sp³-hybridized carbons (Fsp3) is 0.476. The van der Waals surface area contributed by atoms with Crippen LogP contribution in [0.1, 0.15) is 60.6 Å². The van der Waals surface area contributed by atoms with Crippen LogP contribution in [0.4, 0.5) is 4.79 Å². The molecule has 3 rings (SSSR count). The number of ether oxygens (including phenoxy) is 1. The van der Waals surface area contributed by atoms with Crippen molar-refractivity contribution in [2.24, 2.45) is 5.73 Å². The lowest BCUT2D eigenvalue weighted by molar-refractivity contribution is 0.0198. The van der Waals surface area contributed by atoms with Crippen LogP contribution in [0.25, 0.3) is 10.4 Å². The molecule has 150 valence electrons. The summed E-state index contributed by atoms with van der Waals surface area (Å²) in [7, 11) is 0. The van der Waals surface area contributed by atoms with Crippen LogP contribution in [0, 0.1) is 6.92 Å². The summed E-state index contributed by atoms with van der Waals surface area (Å²) in [6.45, 7) is 8.81. The summed E-state index contributed by atoms with van der Waals surface area (Å²) >= 11 is 1.49.